The Bertz CT molecular complexity index is 1410. The molecule has 0 radical (unpaired) electrons. The van der Waals surface area contributed by atoms with Crippen LogP contribution in [0.1, 0.15) is 28.2 Å². The lowest BCUT2D eigenvalue weighted by Crippen LogP contribution is -2.42. The van der Waals surface area contributed by atoms with Crippen molar-refractivity contribution >= 4 is 28.2 Å². The average Bonchev–Trinajstić information content (AvgIpc) is 3.15. The molecule has 0 atom stereocenters. The van der Waals surface area contributed by atoms with E-state index in [0.717, 1.165) is 30.3 Å². The van der Waals surface area contributed by atoms with E-state index in [-0.39, 0.29) is 22.9 Å². The van der Waals surface area contributed by atoms with Gasteiger partial charge in [-0.1, -0.05) is 24.3 Å². The number of benzene rings is 3. The van der Waals surface area contributed by atoms with Crippen LogP contribution in [0.3, 0.4) is 0 Å². The quantitative estimate of drug-likeness (QED) is 0.347. The van der Waals surface area contributed by atoms with Crippen molar-refractivity contribution in [1.82, 2.24) is 14.7 Å². The molecule has 0 unspecified atom stereocenters. The molecule has 33 heavy (non-hydrogen) atoms. The van der Waals surface area contributed by atoms with Crippen LogP contribution in [0.25, 0.3) is 16.5 Å². The second-order valence-corrected chi connectivity index (χ2v) is 8.07. The topological polar surface area (TPSA) is 74.0 Å². The van der Waals surface area contributed by atoms with Crippen molar-refractivity contribution < 1.29 is 13.6 Å². The van der Waals surface area contributed by atoms with E-state index in [4.69, 9.17) is 5.41 Å². The Kier molecular flexibility index (Phi) is 5.12. The number of fused-ring (bicyclic) bond motifs is 1. The van der Waals surface area contributed by atoms with Gasteiger partial charge in [0.2, 0.25) is 0 Å². The number of halogens is 2. The molecule has 1 aromatic heterocycles. The summed E-state index contributed by atoms with van der Waals surface area (Å²) in [5, 5.41) is 16.5. The molecule has 2 N–H and O–H groups in total. The van der Waals surface area contributed by atoms with Gasteiger partial charge in [0.15, 0.2) is 0 Å². The molecule has 2 heterocycles. The van der Waals surface area contributed by atoms with Crippen molar-refractivity contribution in [3.8, 4) is 5.69 Å². The first-order chi connectivity index (χ1) is 15.9. The van der Waals surface area contributed by atoms with E-state index >= 15 is 0 Å². The average molecular weight is 445 g/mol. The van der Waals surface area contributed by atoms with Gasteiger partial charge in [-0.2, -0.15) is 5.10 Å². The first-order valence-electron chi connectivity index (χ1n) is 10.6. The highest BCUT2D eigenvalue weighted by Crippen LogP contribution is 2.25. The van der Waals surface area contributed by atoms with E-state index in [1.165, 1.54) is 28.9 Å². The molecule has 5 rings (SSSR count). The third-order valence-electron chi connectivity index (χ3n) is 5.77. The molecule has 6 nitrogen and oxygen atoms in total. The molecule has 166 valence electrons. The van der Waals surface area contributed by atoms with Crippen molar-refractivity contribution in [3.05, 3.63) is 89.2 Å². The Morgan fingerprint density at radius 1 is 1.00 bits per heavy atom. The SMILES string of the molecule is Cc1cc(C(=O)Nc2ccc(C(=N)N3CCC3)cc2F)n(-c2cc3ccccc3cc2F)n1. The van der Waals surface area contributed by atoms with Crippen molar-refractivity contribution in [2.45, 2.75) is 13.3 Å². The van der Waals surface area contributed by atoms with Crippen molar-refractivity contribution in [3.63, 3.8) is 0 Å². The standard InChI is InChI=1S/C25H21F2N5O/c1-15-11-23(32(30-15)22-14-17-6-3-2-5-16(17)12-20(22)27)25(33)29-21-8-7-18(13-19(21)26)24(28)31-9-4-10-31/h2-3,5-8,11-14,28H,4,9-10H2,1H3,(H,29,33). The van der Waals surface area contributed by atoms with Gasteiger partial charge in [0.1, 0.15) is 28.9 Å². The molecule has 0 bridgehead atoms. The maximum absolute atomic E-state index is 14.9. The number of hydrogen-bond donors (Lipinski definition) is 2. The van der Waals surface area contributed by atoms with E-state index < -0.39 is 17.5 Å². The van der Waals surface area contributed by atoms with Gasteiger partial charge in [0.25, 0.3) is 5.91 Å². The zero-order valence-electron chi connectivity index (χ0n) is 17.9. The van der Waals surface area contributed by atoms with Gasteiger partial charge in [-0.25, -0.2) is 13.5 Å². The lowest BCUT2D eigenvalue weighted by molar-refractivity contribution is 0.101. The minimum Gasteiger partial charge on any atom is -0.356 e. The summed E-state index contributed by atoms with van der Waals surface area (Å²) in [6.07, 6.45) is 1.02. The minimum atomic E-state index is -0.647. The van der Waals surface area contributed by atoms with E-state index in [9.17, 15) is 13.6 Å². The number of anilines is 1. The second-order valence-electron chi connectivity index (χ2n) is 8.07. The molecule has 3 aromatic carbocycles. The maximum atomic E-state index is 14.9. The van der Waals surface area contributed by atoms with Gasteiger partial charge in [0, 0.05) is 18.7 Å². The van der Waals surface area contributed by atoms with Crippen LogP contribution < -0.4 is 5.32 Å². The fourth-order valence-corrected chi connectivity index (χ4v) is 3.88. The Labute approximate surface area is 189 Å². The smallest absolute Gasteiger partial charge is 0.274 e. The fraction of sp³-hybridized carbons (Fsp3) is 0.160. The number of hydrogen-bond acceptors (Lipinski definition) is 3. The molecule has 1 amide bonds. The molecular formula is C25H21F2N5O. The lowest BCUT2D eigenvalue weighted by Gasteiger charge is -2.33. The molecule has 4 aromatic rings. The zero-order valence-corrected chi connectivity index (χ0v) is 17.9. The number of nitrogens with zero attached hydrogens (tertiary/aromatic N) is 3. The van der Waals surface area contributed by atoms with Crippen LogP contribution >= 0.6 is 0 Å². The highest BCUT2D eigenvalue weighted by molar-refractivity contribution is 6.04. The van der Waals surface area contributed by atoms with Gasteiger partial charge in [-0.15, -0.1) is 0 Å². The zero-order chi connectivity index (χ0) is 23.1. The normalized spacial score (nSPS) is 13.1. The number of amides is 1. The molecule has 0 saturated carbocycles. The minimum absolute atomic E-state index is 0.0236. The van der Waals surface area contributed by atoms with E-state index in [1.54, 1.807) is 25.1 Å². The molecule has 0 spiro atoms. The van der Waals surface area contributed by atoms with Gasteiger partial charge in [-0.3, -0.25) is 10.2 Å². The summed E-state index contributed by atoms with van der Waals surface area (Å²) in [5.74, 6) is -1.53. The Morgan fingerprint density at radius 2 is 1.73 bits per heavy atom. The first kappa shape index (κ1) is 20.8. The highest BCUT2D eigenvalue weighted by Gasteiger charge is 2.22. The summed E-state index contributed by atoms with van der Waals surface area (Å²) in [6.45, 7) is 3.27. The van der Waals surface area contributed by atoms with Crippen LogP contribution in [0.5, 0.6) is 0 Å². The molecule has 8 heteroatoms. The van der Waals surface area contributed by atoms with Crippen LogP contribution in [-0.2, 0) is 0 Å². The number of carbonyl (C=O) groups excluding carboxylic acids is 1. The summed E-state index contributed by atoms with van der Waals surface area (Å²) in [7, 11) is 0. The van der Waals surface area contributed by atoms with Crippen LogP contribution in [0.4, 0.5) is 14.5 Å². The number of aromatic nitrogens is 2. The maximum Gasteiger partial charge on any atom is 0.274 e. The monoisotopic (exact) mass is 445 g/mol. The molecule has 1 aliphatic rings. The molecule has 1 saturated heterocycles. The summed E-state index contributed by atoms with van der Waals surface area (Å²) in [4.78, 5) is 14.9. The third-order valence-corrected chi connectivity index (χ3v) is 5.77. The van der Waals surface area contributed by atoms with Crippen molar-refractivity contribution in [2.24, 2.45) is 0 Å². The molecule has 1 fully saturated rings. The second kappa shape index (κ2) is 8.12. The van der Waals surface area contributed by atoms with E-state index in [1.807, 2.05) is 23.1 Å². The number of aryl methyl sites for hydroxylation is 1. The van der Waals surface area contributed by atoms with E-state index in [2.05, 4.69) is 10.4 Å². The number of amidine groups is 1. The Hall–Kier alpha value is -4.07. The predicted octanol–water partition coefficient (Wildman–Crippen LogP) is 4.90. The number of nitrogens with one attached hydrogen (secondary N) is 2. The summed E-state index contributed by atoms with van der Waals surface area (Å²) in [6, 6.07) is 16.1. The van der Waals surface area contributed by atoms with Crippen LogP contribution in [-0.4, -0.2) is 39.5 Å². The van der Waals surface area contributed by atoms with E-state index in [0.29, 0.717) is 11.3 Å². The van der Waals surface area contributed by atoms with Gasteiger partial charge in [0.05, 0.1) is 11.4 Å². The predicted molar refractivity (Wildman–Crippen MR) is 123 cm³/mol. The summed E-state index contributed by atoms with van der Waals surface area (Å²) < 4.78 is 30.9. The molecule has 0 aliphatic carbocycles. The van der Waals surface area contributed by atoms with Crippen molar-refractivity contribution in [1.29, 1.82) is 5.41 Å². The highest BCUT2D eigenvalue weighted by atomic mass is 19.1. The summed E-state index contributed by atoms with van der Waals surface area (Å²) in [5.41, 5.74) is 1.16. The van der Waals surface area contributed by atoms with Crippen LogP contribution in [0.15, 0.2) is 60.7 Å². The third kappa shape index (κ3) is 3.84. The first-order valence-corrected chi connectivity index (χ1v) is 10.6. The largest absolute Gasteiger partial charge is 0.356 e. The van der Waals surface area contributed by atoms with Gasteiger partial charge < -0.3 is 10.2 Å². The van der Waals surface area contributed by atoms with Crippen molar-refractivity contribution in [2.75, 3.05) is 18.4 Å². The number of likely N-dealkylation sites (tertiary alicyclic amines) is 1. The fourth-order valence-electron chi connectivity index (χ4n) is 3.88. The van der Waals surface area contributed by atoms with Crippen LogP contribution in [0.2, 0.25) is 0 Å². The van der Waals surface area contributed by atoms with Gasteiger partial charge in [-0.05, 0) is 60.5 Å². The number of rotatable bonds is 4. The van der Waals surface area contributed by atoms with Crippen LogP contribution in [0, 0.1) is 24.0 Å². The summed E-state index contributed by atoms with van der Waals surface area (Å²) >= 11 is 0. The van der Waals surface area contributed by atoms with Gasteiger partial charge >= 0.3 is 0 Å². The molecular weight excluding hydrogens is 424 g/mol. The Morgan fingerprint density at radius 3 is 2.39 bits per heavy atom. The number of carbonyl (C=O) groups is 1. The Balaban J connectivity index is 1.45. The lowest BCUT2D eigenvalue weighted by atomic mass is 10.1. The molecule has 1 aliphatic heterocycles.